The summed E-state index contributed by atoms with van der Waals surface area (Å²) in [5, 5.41) is 12.6. The minimum atomic E-state index is -4.94. The van der Waals surface area contributed by atoms with Gasteiger partial charge in [0.05, 0.1) is 23.2 Å². The lowest BCUT2D eigenvalue weighted by Gasteiger charge is -2.17. The largest absolute Gasteiger partial charge is 0.497 e. The molecule has 1 aromatic heterocycles. The molecular formula is C27H22BrClN2O8. The van der Waals surface area contributed by atoms with Gasteiger partial charge in [0.15, 0.2) is 11.5 Å². The first kappa shape index (κ1) is 29.8. The van der Waals surface area contributed by atoms with E-state index in [1.165, 1.54) is 0 Å². The molecule has 0 amide bonds. The van der Waals surface area contributed by atoms with Crippen LogP contribution in [-0.2, 0) is 7.05 Å². The number of rotatable bonds is 6. The highest BCUT2D eigenvalue weighted by Gasteiger charge is 2.38. The molecule has 0 spiro atoms. The maximum Gasteiger partial charge on any atom is 0.349 e. The first-order valence-corrected chi connectivity index (χ1v) is 13.2. The first-order valence-electron chi connectivity index (χ1n) is 11.2. The molecule has 4 aromatic rings. The lowest BCUT2D eigenvalue weighted by molar-refractivity contribution is -2.00. The fourth-order valence-corrected chi connectivity index (χ4v) is 4.34. The monoisotopic (exact) mass is 616 g/mol. The van der Waals surface area contributed by atoms with Crippen LogP contribution in [-0.4, -0.2) is 17.8 Å². The fourth-order valence-electron chi connectivity index (χ4n) is 4.08. The van der Waals surface area contributed by atoms with E-state index in [9.17, 15) is 14.9 Å². The Bertz CT molecular complexity index is 1480. The van der Waals surface area contributed by atoms with Crippen molar-refractivity contribution in [3.8, 4) is 28.1 Å². The third kappa shape index (κ3) is 7.24. The third-order valence-electron chi connectivity index (χ3n) is 5.85. The number of ether oxygens (including phenoxy) is 1. The summed E-state index contributed by atoms with van der Waals surface area (Å²) in [6, 6.07) is 23.1. The van der Waals surface area contributed by atoms with Gasteiger partial charge in [-0.05, 0) is 54.1 Å². The van der Waals surface area contributed by atoms with E-state index < -0.39 is 15.2 Å². The predicted molar refractivity (Wildman–Crippen MR) is 134 cm³/mol. The minimum absolute atomic E-state index is 0.120. The van der Waals surface area contributed by atoms with E-state index in [4.69, 9.17) is 23.4 Å². The van der Waals surface area contributed by atoms with Crippen LogP contribution in [0, 0.1) is 27.3 Å². The number of aromatic nitrogens is 1. The summed E-state index contributed by atoms with van der Waals surface area (Å²) in [5.41, 5.74) is 3.22. The highest BCUT2D eigenvalue weighted by molar-refractivity contribution is 9.10. The van der Waals surface area contributed by atoms with E-state index in [2.05, 4.69) is 15.9 Å². The van der Waals surface area contributed by atoms with Crippen molar-refractivity contribution in [3.63, 3.8) is 0 Å². The van der Waals surface area contributed by atoms with E-state index in [1.807, 2.05) is 37.3 Å². The van der Waals surface area contributed by atoms with Gasteiger partial charge in [-0.2, -0.15) is 4.57 Å². The maximum atomic E-state index is 13.8. The standard InChI is InChI=1S/C27H22BrN2O4.ClHO4/c1-17-23(27(31)20-9-13-21(28)14-10-20)24(18-11-15-22(34-3)16-12-18)26(30(32)33)25(29(17)2)19-7-5-4-6-8-19;2-1(3,4)5/h4-16H,1-3H3;(H,2,3,4,5)/q+1;/p-1. The van der Waals surface area contributed by atoms with Crippen LogP contribution in [0.5, 0.6) is 5.75 Å². The van der Waals surface area contributed by atoms with Gasteiger partial charge >= 0.3 is 5.69 Å². The first-order chi connectivity index (χ1) is 18.3. The fraction of sp³-hybridized carbons (Fsp3) is 0.111. The minimum Gasteiger partial charge on any atom is -0.497 e. The second-order valence-electron chi connectivity index (χ2n) is 8.16. The number of carbonyl (C=O) groups is 1. The zero-order chi connectivity index (χ0) is 28.9. The number of halogens is 2. The number of nitrogens with zero attached hydrogens (tertiary/aromatic N) is 2. The molecule has 0 bridgehead atoms. The summed E-state index contributed by atoms with van der Waals surface area (Å²) < 4.78 is 41.8. The van der Waals surface area contributed by atoms with Crippen molar-refractivity contribution in [3.05, 3.63) is 110 Å². The van der Waals surface area contributed by atoms with Crippen LogP contribution in [0.15, 0.2) is 83.3 Å². The van der Waals surface area contributed by atoms with E-state index in [0.29, 0.717) is 39.4 Å². The molecule has 202 valence electrons. The topological polar surface area (TPSA) is 166 Å². The number of ketones is 1. The second kappa shape index (κ2) is 12.4. The van der Waals surface area contributed by atoms with Crippen molar-refractivity contribution in [2.24, 2.45) is 7.05 Å². The van der Waals surface area contributed by atoms with Crippen LogP contribution >= 0.6 is 15.9 Å². The molecule has 39 heavy (non-hydrogen) atoms. The molecule has 0 atom stereocenters. The number of pyridine rings is 1. The molecule has 0 aliphatic heterocycles. The molecule has 4 rings (SSSR count). The summed E-state index contributed by atoms with van der Waals surface area (Å²) in [6.07, 6.45) is 0. The van der Waals surface area contributed by atoms with Crippen molar-refractivity contribution in [1.82, 2.24) is 0 Å². The summed E-state index contributed by atoms with van der Waals surface area (Å²) in [7, 11) is -1.64. The molecule has 0 aliphatic rings. The predicted octanol–water partition coefficient (Wildman–Crippen LogP) is 1.31. The zero-order valence-corrected chi connectivity index (χ0v) is 23.3. The smallest absolute Gasteiger partial charge is 0.349 e. The van der Waals surface area contributed by atoms with Gasteiger partial charge in [-0.1, -0.05) is 46.3 Å². The van der Waals surface area contributed by atoms with Gasteiger partial charge < -0.3 is 4.74 Å². The molecular weight excluding hydrogens is 596 g/mol. The molecule has 12 heteroatoms. The zero-order valence-electron chi connectivity index (χ0n) is 20.9. The normalized spacial score (nSPS) is 10.9. The van der Waals surface area contributed by atoms with E-state index in [1.54, 1.807) is 67.3 Å². The second-order valence-corrected chi connectivity index (χ2v) is 9.83. The highest BCUT2D eigenvalue weighted by atomic mass is 79.9. The Morgan fingerprint density at radius 2 is 1.44 bits per heavy atom. The Labute approximate surface area is 234 Å². The summed E-state index contributed by atoms with van der Waals surface area (Å²) >= 11 is 3.39. The SMILES string of the molecule is COc1ccc(-c2c(C(=O)c3ccc(Br)cc3)c(C)[n+](C)c(-c3ccccc3)c2[N+](=O)[O-])cc1.[O-][Cl+3]([O-])([O-])[O-]. The third-order valence-corrected chi connectivity index (χ3v) is 6.38. The van der Waals surface area contributed by atoms with E-state index in [-0.39, 0.29) is 17.0 Å². The average molecular weight is 618 g/mol. The van der Waals surface area contributed by atoms with Gasteiger partial charge in [0.25, 0.3) is 5.69 Å². The Kier molecular flexibility index (Phi) is 9.51. The van der Waals surface area contributed by atoms with E-state index in [0.717, 1.165) is 4.47 Å². The average Bonchev–Trinajstić information content (AvgIpc) is 2.89. The number of hydrogen-bond acceptors (Lipinski definition) is 8. The molecule has 0 unspecified atom stereocenters. The van der Waals surface area contributed by atoms with Gasteiger partial charge in [0.2, 0.25) is 0 Å². The summed E-state index contributed by atoms with van der Waals surface area (Å²) in [4.78, 5) is 26.0. The molecule has 0 saturated heterocycles. The lowest BCUT2D eigenvalue weighted by atomic mass is 9.89. The van der Waals surface area contributed by atoms with Crippen LogP contribution in [0.1, 0.15) is 21.6 Å². The molecule has 0 aliphatic carbocycles. The van der Waals surface area contributed by atoms with Crippen molar-refractivity contribution in [2.75, 3.05) is 7.11 Å². The number of carbonyl (C=O) groups excluding carboxylic acids is 1. The number of methoxy groups -OCH3 is 1. The van der Waals surface area contributed by atoms with Crippen molar-refractivity contribution in [2.45, 2.75) is 6.92 Å². The maximum absolute atomic E-state index is 13.8. The molecule has 0 N–H and O–H groups in total. The molecule has 3 aromatic carbocycles. The molecule has 0 saturated carbocycles. The summed E-state index contributed by atoms with van der Waals surface area (Å²) in [6.45, 7) is 1.81. The van der Waals surface area contributed by atoms with Gasteiger partial charge in [0, 0.05) is 17.0 Å². The highest BCUT2D eigenvalue weighted by Crippen LogP contribution is 2.41. The summed E-state index contributed by atoms with van der Waals surface area (Å²) in [5.74, 6) is 0.336. The Hall–Kier alpha value is -3.71. The van der Waals surface area contributed by atoms with Crippen molar-refractivity contribution >= 4 is 27.4 Å². The van der Waals surface area contributed by atoms with E-state index >= 15 is 0 Å². The Morgan fingerprint density at radius 1 is 0.897 bits per heavy atom. The Balaban J connectivity index is 0.000000771. The molecule has 10 nitrogen and oxygen atoms in total. The van der Waals surface area contributed by atoms with Gasteiger partial charge in [-0.3, -0.25) is 14.9 Å². The molecule has 0 radical (unpaired) electrons. The van der Waals surface area contributed by atoms with Crippen molar-refractivity contribution in [1.29, 1.82) is 0 Å². The number of benzene rings is 3. The Morgan fingerprint density at radius 3 is 1.92 bits per heavy atom. The molecule has 0 fully saturated rings. The van der Waals surface area contributed by atoms with Crippen LogP contribution < -0.4 is 27.9 Å². The number of hydrogen-bond donors (Lipinski definition) is 0. The quantitative estimate of drug-likeness (QED) is 0.135. The number of nitro groups is 1. The van der Waals surface area contributed by atoms with Crippen LogP contribution in [0.4, 0.5) is 5.69 Å². The van der Waals surface area contributed by atoms with Crippen LogP contribution in [0.2, 0.25) is 0 Å². The van der Waals surface area contributed by atoms with Crippen LogP contribution in [0.25, 0.3) is 22.4 Å². The van der Waals surface area contributed by atoms with Gasteiger partial charge in [0.1, 0.15) is 18.4 Å². The van der Waals surface area contributed by atoms with Gasteiger partial charge in [-0.15, -0.1) is 10.2 Å². The van der Waals surface area contributed by atoms with Crippen LogP contribution in [0.3, 0.4) is 0 Å². The lowest BCUT2D eigenvalue weighted by Crippen LogP contribution is -2.68. The van der Waals surface area contributed by atoms with Crippen molar-refractivity contribution < 1.29 is 47.9 Å². The van der Waals surface area contributed by atoms with Gasteiger partial charge in [-0.25, -0.2) is 18.6 Å². The molecule has 1 heterocycles.